The maximum Gasteiger partial charge on any atom is 0.269 e. The summed E-state index contributed by atoms with van der Waals surface area (Å²) >= 11 is 0. The Hall–Kier alpha value is -1.91. The number of nitro groups is 1. The molecule has 19 heavy (non-hydrogen) atoms. The lowest BCUT2D eigenvalue weighted by atomic mass is 9.78. The monoisotopic (exact) mass is 262 g/mol. The molecular formula is C14H18N2O3. The van der Waals surface area contributed by atoms with E-state index in [1.807, 2.05) is 6.92 Å². The summed E-state index contributed by atoms with van der Waals surface area (Å²) in [5, 5.41) is 13.7. The van der Waals surface area contributed by atoms with Crippen LogP contribution < -0.4 is 5.32 Å². The summed E-state index contributed by atoms with van der Waals surface area (Å²) in [5.74, 6) is 0.227. The fourth-order valence-corrected chi connectivity index (χ4v) is 2.90. The van der Waals surface area contributed by atoms with Crippen molar-refractivity contribution in [2.24, 2.45) is 11.8 Å². The summed E-state index contributed by atoms with van der Waals surface area (Å²) in [6.45, 7) is 6.21. The van der Waals surface area contributed by atoms with Crippen molar-refractivity contribution in [3.05, 3.63) is 33.9 Å². The molecule has 0 radical (unpaired) electrons. The fourth-order valence-electron chi connectivity index (χ4n) is 2.90. The molecule has 1 amide bonds. The van der Waals surface area contributed by atoms with Gasteiger partial charge in [0.15, 0.2) is 0 Å². The van der Waals surface area contributed by atoms with Crippen LogP contribution >= 0.6 is 0 Å². The van der Waals surface area contributed by atoms with Crippen molar-refractivity contribution < 1.29 is 9.72 Å². The van der Waals surface area contributed by atoms with Gasteiger partial charge < -0.3 is 5.32 Å². The second kappa shape index (κ2) is 4.99. The highest BCUT2D eigenvalue weighted by molar-refractivity contribution is 6.03. The molecule has 0 saturated heterocycles. The average Bonchev–Trinajstić information content (AvgIpc) is 2.66. The highest BCUT2D eigenvalue weighted by Gasteiger charge is 2.38. The van der Waals surface area contributed by atoms with Gasteiger partial charge >= 0.3 is 0 Å². The van der Waals surface area contributed by atoms with Crippen molar-refractivity contribution in [1.82, 2.24) is 0 Å². The van der Waals surface area contributed by atoms with E-state index in [1.54, 1.807) is 6.07 Å². The zero-order valence-electron chi connectivity index (χ0n) is 11.3. The lowest BCUT2D eigenvalue weighted by molar-refractivity contribution is -0.384. The predicted molar refractivity (Wildman–Crippen MR) is 73.1 cm³/mol. The number of nitrogens with zero attached hydrogens (tertiary/aromatic N) is 1. The zero-order valence-corrected chi connectivity index (χ0v) is 11.3. The molecule has 0 fully saturated rings. The Labute approximate surface area is 112 Å². The third-order valence-corrected chi connectivity index (χ3v) is 3.88. The van der Waals surface area contributed by atoms with E-state index in [9.17, 15) is 14.9 Å². The minimum absolute atomic E-state index is 0.0406. The molecule has 1 aromatic rings. The van der Waals surface area contributed by atoms with Crippen LogP contribution in [0.3, 0.4) is 0 Å². The number of anilines is 1. The molecule has 5 nitrogen and oxygen atoms in total. The summed E-state index contributed by atoms with van der Waals surface area (Å²) in [5.41, 5.74) is 1.51. The maximum absolute atomic E-state index is 12.1. The molecule has 5 heteroatoms. The Morgan fingerprint density at radius 2 is 2.11 bits per heavy atom. The molecule has 1 heterocycles. The van der Waals surface area contributed by atoms with Gasteiger partial charge in [-0.05, 0) is 23.5 Å². The van der Waals surface area contributed by atoms with Crippen LogP contribution in [-0.2, 0) is 4.79 Å². The zero-order chi connectivity index (χ0) is 14.2. The van der Waals surface area contributed by atoms with Crippen molar-refractivity contribution in [3.8, 4) is 0 Å². The smallest absolute Gasteiger partial charge is 0.269 e. The predicted octanol–water partition coefficient (Wildman–Crippen LogP) is 3.31. The topological polar surface area (TPSA) is 72.2 Å². The molecule has 1 N–H and O–H groups in total. The second-order valence-corrected chi connectivity index (χ2v) is 5.31. The van der Waals surface area contributed by atoms with E-state index in [0.29, 0.717) is 11.6 Å². The van der Waals surface area contributed by atoms with Crippen LogP contribution in [0.1, 0.15) is 38.7 Å². The first-order chi connectivity index (χ1) is 8.95. The molecule has 2 rings (SSSR count). The van der Waals surface area contributed by atoms with Crippen molar-refractivity contribution >= 4 is 17.3 Å². The van der Waals surface area contributed by atoms with E-state index in [4.69, 9.17) is 0 Å². The van der Waals surface area contributed by atoms with Gasteiger partial charge in [-0.25, -0.2) is 0 Å². The number of fused-ring (bicyclic) bond motifs is 1. The highest BCUT2D eigenvalue weighted by Crippen LogP contribution is 2.42. The molecule has 2 unspecified atom stereocenters. The standard InChI is InChI=1S/C14H18N2O3/c1-4-10(8(2)3)13-11-7-9(16(18)19)5-6-12(11)15-14(13)17/h5-8,10,13H,4H2,1-3H3,(H,15,17). The molecule has 102 valence electrons. The first-order valence-corrected chi connectivity index (χ1v) is 6.54. The number of hydrogen-bond acceptors (Lipinski definition) is 3. The van der Waals surface area contributed by atoms with Crippen LogP contribution in [-0.4, -0.2) is 10.8 Å². The normalized spacial score (nSPS) is 19.2. The van der Waals surface area contributed by atoms with Gasteiger partial charge in [0.05, 0.1) is 10.8 Å². The molecule has 0 saturated carbocycles. The van der Waals surface area contributed by atoms with Crippen molar-refractivity contribution in [2.75, 3.05) is 5.32 Å². The van der Waals surface area contributed by atoms with Gasteiger partial charge in [-0.2, -0.15) is 0 Å². The van der Waals surface area contributed by atoms with E-state index in [2.05, 4.69) is 19.2 Å². The average molecular weight is 262 g/mol. The number of nitro benzene ring substituents is 1. The SMILES string of the molecule is CCC(C(C)C)C1C(=O)Nc2ccc([N+](=O)[O-])cc21. The van der Waals surface area contributed by atoms with Crippen LogP contribution in [0.25, 0.3) is 0 Å². The molecule has 0 bridgehead atoms. The molecule has 0 aromatic heterocycles. The maximum atomic E-state index is 12.1. The number of nitrogens with one attached hydrogen (secondary N) is 1. The summed E-state index contributed by atoms with van der Waals surface area (Å²) < 4.78 is 0. The lowest BCUT2D eigenvalue weighted by Gasteiger charge is -2.24. The van der Waals surface area contributed by atoms with Gasteiger partial charge in [0.2, 0.25) is 5.91 Å². The Morgan fingerprint density at radius 1 is 1.42 bits per heavy atom. The Balaban J connectivity index is 2.46. The third-order valence-electron chi connectivity index (χ3n) is 3.88. The number of benzene rings is 1. The molecule has 1 aliphatic rings. The number of rotatable bonds is 4. The minimum atomic E-state index is -0.420. The second-order valence-electron chi connectivity index (χ2n) is 5.31. The van der Waals surface area contributed by atoms with Gasteiger partial charge in [0.1, 0.15) is 0 Å². The van der Waals surface area contributed by atoms with Gasteiger partial charge in [-0.3, -0.25) is 14.9 Å². The van der Waals surface area contributed by atoms with Crippen LogP contribution in [0.15, 0.2) is 18.2 Å². The quantitative estimate of drug-likeness (QED) is 0.668. The number of carbonyl (C=O) groups excluding carboxylic acids is 1. The molecule has 1 aliphatic heterocycles. The lowest BCUT2D eigenvalue weighted by Crippen LogP contribution is -2.24. The van der Waals surface area contributed by atoms with Gasteiger partial charge in [-0.1, -0.05) is 27.2 Å². The van der Waals surface area contributed by atoms with Crippen LogP contribution in [0.2, 0.25) is 0 Å². The summed E-state index contributed by atoms with van der Waals surface area (Å²) in [4.78, 5) is 22.6. The van der Waals surface area contributed by atoms with Crippen LogP contribution in [0.4, 0.5) is 11.4 Å². The molecular weight excluding hydrogens is 244 g/mol. The van der Waals surface area contributed by atoms with E-state index in [-0.39, 0.29) is 23.4 Å². The number of amides is 1. The molecule has 0 spiro atoms. The molecule has 1 aromatic carbocycles. The first-order valence-electron chi connectivity index (χ1n) is 6.54. The van der Waals surface area contributed by atoms with Crippen LogP contribution in [0, 0.1) is 22.0 Å². The minimum Gasteiger partial charge on any atom is -0.325 e. The van der Waals surface area contributed by atoms with Gasteiger partial charge in [0.25, 0.3) is 5.69 Å². The van der Waals surface area contributed by atoms with Crippen LogP contribution in [0.5, 0.6) is 0 Å². The van der Waals surface area contributed by atoms with E-state index >= 15 is 0 Å². The Morgan fingerprint density at radius 3 is 2.63 bits per heavy atom. The van der Waals surface area contributed by atoms with E-state index < -0.39 is 4.92 Å². The van der Waals surface area contributed by atoms with Crippen molar-refractivity contribution in [3.63, 3.8) is 0 Å². The number of hydrogen-bond donors (Lipinski definition) is 1. The number of non-ortho nitro benzene ring substituents is 1. The van der Waals surface area contributed by atoms with Crippen molar-refractivity contribution in [1.29, 1.82) is 0 Å². The largest absolute Gasteiger partial charge is 0.325 e. The molecule has 2 atom stereocenters. The third kappa shape index (κ3) is 2.32. The van der Waals surface area contributed by atoms with Gasteiger partial charge in [0, 0.05) is 17.8 Å². The Kier molecular flexibility index (Phi) is 3.55. The number of carbonyl (C=O) groups is 1. The van der Waals surface area contributed by atoms with Crippen molar-refractivity contribution in [2.45, 2.75) is 33.1 Å². The van der Waals surface area contributed by atoms with Gasteiger partial charge in [-0.15, -0.1) is 0 Å². The fraction of sp³-hybridized carbons (Fsp3) is 0.500. The highest BCUT2D eigenvalue weighted by atomic mass is 16.6. The van der Waals surface area contributed by atoms with E-state index in [0.717, 1.165) is 12.0 Å². The first kappa shape index (κ1) is 13.5. The van der Waals surface area contributed by atoms with E-state index in [1.165, 1.54) is 12.1 Å². The summed E-state index contributed by atoms with van der Waals surface area (Å²) in [7, 11) is 0. The Bertz CT molecular complexity index is 525. The summed E-state index contributed by atoms with van der Waals surface area (Å²) in [6, 6.07) is 4.58. The molecule has 0 aliphatic carbocycles. The summed E-state index contributed by atoms with van der Waals surface area (Å²) in [6.07, 6.45) is 0.873.